The lowest BCUT2D eigenvalue weighted by Crippen LogP contribution is -2.36. The summed E-state index contributed by atoms with van der Waals surface area (Å²) >= 11 is 4.80. The van der Waals surface area contributed by atoms with E-state index in [1.807, 2.05) is 73.7 Å². The number of anilines is 1. The van der Waals surface area contributed by atoms with Crippen LogP contribution in [0.25, 0.3) is 10.2 Å². The van der Waals surface area contributed by atoms with E-state index in [-0.39, 0.29) is 4.90 Å². The first kappa shape index (κ1) is 27.5. The molecule has 41 heavy (non-hydrogen) atoms. The van der Waals surface area contributed by atoms with Gasteiger partial charge in [0.25, 0.3) is 5.91 Å². The molecule has 7 nitrogen and oxygen atoms in total. The molecule has 0 N–H and O–H groups in total. The van der Waals surface area contributed by atoms with Crippen molar-refractivity contribution >= 4 is 64.8 Å². The van der Waals surface area contributed by atoms with Crippen molar-refractivity contribution in [2.24, 2.45) is 5.10 Å². The predicted octanol–water partition coefficient (Wildman–Crippen LogP) is 6.80. The van der Waals surface area contributed by atoms with E-state index in [4.69, 9.17) is 0 Å². The summed E-state index contributed by atoms with van der Waals surface area (Å²) in [6.45, 7) is 2.75. The minimum absolute atomic E-state index is 0.147. The smallest absolute Gasteiger partial charge is 0.267 e. The van der Waals surface area contributed by atoms with Gasteiger partial charge in [-0.25, -0.2) is 13.4 Å². The number of hydrogen-bond acceptors (Lipinski definition) is 6. The van der Waals surface area contributed by atoms with Crippen molar-refractivity contribution < 1.29 is 13.2 Å². The second-order valence-electron chi connectivity index (χ2n) is 9.76. The van der Waals surface area contributed by atoms with Crippen LogP contribution in [0.5, 0.6) is 0 Å². The molecule has 5 aromatic rings. The number of aromatic nitrogens is 1. The Bertz CT molecular complexity index is 1890. The third-order valence-electron chi connectivity index (χ3n) is 6.93. The molecule has 1 amide bonds. The molecule has 0 spiro atoms. The zero-order valence-corrected chi connectivity index (χ0v) is 25.3. The minimum atomic E-state index is -3.73. The molecule has 1 aromatic heterocycles. The van der Waals surface area contributed by atoms with E-state index >= 15 is 0 Å². The van der Waals surface area contributed by atoms with Crippen LogP contribution in [0.15, 0.2) is 105 Å². The first-order valence-corrected chi connectivity index (χ1v) is 16.0. The number of thiazole rings is 1. The van der Waals surface area contributed by atoms with Crippen LogP contribution in [-0.4, -0.2) is 36.4 Å². The van der Waals surface area contributed by atoms with Crippen LogP contribution in [0.1, 0.15) is 32.6 Å². The molecular weight excluding hydrogens is 620 g/mol. The van der Waals surface area contributed by atoms with Gasteiger partial charge in [0.1, 0.15) is 0 Å². The number of hydrogen-bond donors (Lipinski definition) is 0. The normalized spacial score (nSPS) is 13.9. The summed E-state index contributed by atoms with van der Waals surface area (Å²) in [7, 11) is -3.73. The number of rotatable bonds is 6. The number of benzene rings is 4. The summed E-state index contributed by atoms with van der Waals surface area (Å²) in [6.07, 6.45) is 2.27. The highest BCUT2D eigenvalue weighted by molar-refractivity contribution is 9.10. The Labute approximate surface area is 251 Å². The van der Waals surface area contributed by atoms with Crippen LogP contribution >= 0.6 is 27.3 Å². The summed E-state index contributed by atoms with van der Waals surface area (Å²) in [6, 6.07) is 27.4. The third-order valence-corrected chi connectivity index (χ3v) is 10.3. The summed E-state index contributed by atoms with van der Waals surface area (Å²) in [4.78, 5) is 18.6. The number of aryl methyl sites for hydroxylation is 1. The monoisotopic (exact) mass is 644 g/mol. The molecule has 0 saturated heterocycles. The number of amides is 1. The van der Waals surface area contributed by atoms with Gasteiger partial charge in [-0.1, -0.05) is 69.7 Å². The maximum atomic E-state index is 13.8. The molecule has 0 aliphatic carbocycles. The Morgan fingerprint density at radius 3 is 2.49 bits per heavy atom. The maximum Gasteiger partial charge on any atom is 0.280 e. The summed E-state index contributed by atoms with van der Waals surface area (Å²) in [5.41, 5.74) is 5.17. The summed E-state index contributed by atoms with van der Waals surface area (Å²) in [5.74, 6) is -0.412. The van der Waals surface area contributed by atoms with Crippen molar-refractivity contribution in [2.75, 3.05) is 11.6 Å². The van der Waals surface area contributed by atoms with Gasteiger partial charge in [0, 0.05) is 23.1 Å². The molecule has 1 aliphatic rings. The largest absolute Gasteiger partial charge is 0.280 e. The molecule has 1 aliphatic heterocycles. The average Bonchev–Trinajstić information content (AvgIpc) is 3.40. The van der Waals surface area contributed by atoms with Crippen LogP contribution in [0.2, 0.25) is 0 Å². The molecule has 0 fully saturated rings. The Hall–Kier alpha value is -3.70. The number of nitrogens with zero attached hydrogens (tertiary/aromatic N) is 4. The van der Waals surface area contributed by atoms with E-state index in [1.165, 1.54) is 50.5 Å². The van der Waals surface area contributed by atoms with Gasteiger partial charge < -0.3 is 0 Å². The van der Waals surface area contributed by atoms with E-state index in [2.05, 4.69) is 26.0 Å². The number of carbonyl (C=O) groups is 1. The number of sulfonamides is 1. The highest BCUT2D eigenvalue weighted by Gasteiger charge is 2.29. The van der Waals surface area contributed by atoms with Gasteiger partial charge in [-0.05, 0) is 84.1 Å². The lowest BCUT2D eigenvalue weighted by molar-refractivity contribution is 0.0987. The van der Waals surface area contributed by atoms with E-state index in [9.17, 15) is 13.2 Å². The van der Waals surface area contributed by atoms with Gasteiger partial charge >= 0.3 is 0 Å². The molecule has 4 aromatic carbocycles. The fraction of sp³-hybridized carbons (Fsp3) is 0.129. The van der Waals surface area contributed by atoms with Gasteiger partial charge in [-0.15, -0.1) is 0 Å². The number of halogens is 1. The molecule has 0 radical (unpaired) electrons. The van der Waals surface area contributed by atoms with Gasteiger partial charge in [0.15, 0.2) is 0 Å². The van der Waals surface area contributed by atoms with E-state index in [0.29, 0.717) is 30.2 Å². The molecule has 0 bridgehead atoms. The fourth-order valence-corrected chi connectivity index (χ4v) is 7.39. The minimum Gasteiger partial charge on any atom is -0.267 e. The predicted molar refractivity (Wildman–Crippen MR) is 167 cm³/mol. The van der Waals surface area contributed by atoms with Crippen molar-refractivity contribution in [3.05, 3.63) is 123 Å². The quantitative estimate of drug-likeness (QED) is 0.150. The Morgan fingerprint density at radius 1 is 1.00 bits per heavy atom. The van der Waals surface area contributed by atoms with Crippen molar-refractivity contribution in [2.45, 2.75) is 24.8 Å². The van der Waals surface area contributed by atoms with E-state index in [1.54, 1.807) is 6.21 Å². The summed E-state index contributed by atoms with van der Waals surface area (Å²) in [5, 5.41) is 6.21. The lowest BCUT2D eigenvalue weighted by Gasteiger charge is -2.28. The number of hydrazone groups is 1. The molecule has 0 saturated carbocycles. The Morgan fingerprint density at radius 2 is 1.73 bits per heavy atom. The topological polar surface area (TPSA) is 82.9 Å². The molecule has 0 unspecified atom stereocenters. The van der Waals surface area contributed by atoms with Gasteiger partial charge in [0.2, 0.25) is 15.2 Å². The SMILES string of the molecule is Cc1ccc2nc(N(/N=C/c3ccc(Br)cc3)C(=O)c3ccc(S(=O)(=O)N4CCc5ccccc5C4)cc3)sc2c1. The van der Waals surface area contributed by atoms with Crippen molar-refractivity contribution in [3.63, 3.8) is 0 Å². The highest BCUT2D eigenvalue weighted by Crippen LogP contribution is 2.31. The van der Waals surface area contributed by atoms with E-state index in [0.717, 1.165) is 31.4 Å². The maximum absolute atomic E-state index is 13.8. The van der Waals surface area contributed by atoms with Crippen molar-refractivity contribution in [1.29, 1.82) is 0 Å². The van der Waals surface area contributed by atoms with Crippen LogP contribution < -0.4 is 5.01 Å². The lowest BCUT2D eigenvalue weighted by atomic mass is 10.0. The van der Waals surface area contributed by atoms with Crippen molar-refractivity contribution in [1.82, 2.24) is 9.29 Å². The molecule has 0 atom stereocenters. The van der Waals surface area contributed by atoms with Crippen LogP contribution in [0.3, 0.4) is 0 Å². The number of carbonyl (C=O) groups excluding carboxylic acids is 1. The van der Waals surface area contributed by atoms with Crippen LogP contribution in [-0.2, 0) is 23.0 Å². The molecule has 10 heteroatoms. The molecule has 2 heterocycles. The number of fused-ring (bicyclic) bond motifs is 2. The zero-order valence-electron chi connectivity index (χ0n) is 22.1. The van der Waals surface area contributed by atoms with Crippen LogP contribution in [0.4, 0.5) is 5.13 Å². The summed E-state index contributed by atoms with van der Waals surface area (Å²) < 4.78 is 30.3. The second kappa shape index (κ2) is 11.3. The fourth-order valence-electron chi connectivity index (χ4n) is 4.69. The third kappa shape index (κ3) is 5.73. The van der Waals surface area contributed by atoms with Gasteiger partial charge in [0.05, 0.1) is 21.3 Å². The second-order valence-corrected chi connectivity index (χ2v) is 13.6. The highest BCUT2D eigenvalue weighted by atomic mass is 79.9. The Balaban J connectivity index is 1.30. The Kier molecular flexibility index (Phi) is 7.56. The standard InChI is InChI=1S/C31H25BrN4O3S2/c1-21-6-15-28-29(18-21)40-31(34-28)36(33-19-22-7-11-26(32)12-8-22)30(37)24-9-13-27(14-10-24)41(38,39)35-17-16-23-4-2-3-5-25(23)20-35/h2-15,18-19H,16-17,20H2,1H3/b33-19+. The van der Waals surface area contributed by atoms with E-state index < -0.39 is 15.9 Å². The zero-order chi connectivity index (χ0) is 28.6. The van der Waals surface area contributed by atoms with Gasteiger partial charge in [-0.3, -0.25) is 4.79 Å². The molecule has 6 rings (SSSR count). The molecular formula is C31H25BrN4O3S2. The van der Waals surface area contributed by atoms with Gasteiger partial charge in [-0.2, -0.15) is 14.4 Å². The van der Waals surface area contributed by atoms with Crippen LogP contribution in [0, 0.1) is 6.92 Å². The first-order chi connectivity index (χ1) is 19.8. The molecule has 206 valence electrons. The van der Waals surface area contributed by atoms with Crippen molar-refractivity contribution in [3.8, 4) is 0 Å². The average molecular weight is 646 g/mol. The first-order valence-electron chi connectivity index (χ1n) is 13.0.